The summed E-state index contributed by atoms with van der Waals surface area (Å²) in [6, 6.07) is 16.1. The number of carbonyl (C=O) groups excluding carboxylic acids is 2. The van der Waals surface area contributed by atoms with Gasteiger partial charge < -0.3 is 10.2 Å². The molecule has 3 aromatic rings. The number of anilines is 1. The van der Waals surface area contributed by atoms with Crippen LogP contribution in [-0.2, 0) is 32.6 Å². The van der Waals surface area contributed by atoms with E-state index in [2.05, 4.69) is 5.32 Å². The van der Waals surface area contributed by atoms with Crippen molar-refractivity contribution in [3.63, 3.8) is 0 Å². The number of hydrogen-bond acceptors (Lipinski definition) is 4. The van der Waals surface area contributed by atoms with Gasteiger partial charge in [0.2, 0.25) is 21.8 Å². The third-order valence-corrected chi connectivity index (χ3v) is 8.58. The smallest absolute Gasteiger partial charge is 0.243 e. The molecule has 0 spiro atoms. The van der Waals surface area contributed by atoms with Crippen LogP contribution in [0.3, 0.4) is 0 Å². The van der Waals surface area contributed by atoms with E-state index in [0.29, 0.717) is 22.2 Å². The zero-order chi connectivity index (χ0) is 31.6. The molecule has 1 unspecified atom stereocenters. The first-order valence-electron chi connectivity index (χ1n) is 13.9. The minimum Gasteiger partial charge on any atom is -0.354 e. The Morgan fingerprint density at radius 3 is 2.30 bits per heavy atom. The Bertz CT molecular complexity index is 1510. The topological polar surface area (TPSA) is 86.8 Å². The first kappa shape index (κ1) is 34.3. The van der Waals surface area contributed by atoms with Crippen LogP contribution in [0.2, 0.25) is 10.0 Å². The predicted octanol–water partition coefficient (Wildman–Crippen LogP) is 6.37. The molecule has 0 aromatic heterocycles. The van der Waals surface area contributed by atoms with Crippen LogP contribution in [0.5, 0.6) is 0 Å². The molecule has 1 N–H and O–H groups in total. The highest BCUT2D eigenvalue weighted by Crippen LogP contribution is 2.25. The largest absolute Gasteiger partial charge is 0.354 e. The molecule has 0 aliphatic carbocycles. The van der Waals surface area contributed by atoms with Gasteiger partial charge in [-0.25, -0.2) is 17.2 Å². The van der Waals surface area contributed by atoms with Gasteiger partial charge in [0.1, 0.15) is 6.04 Å². The second-order valence-electron chi connectivity index (χ2n) is 10.1. The molecule has 3 rings (SSSR count). The Morgan fingerprint density at radius 1 is 0.953 bits per heavy atom. The van der Waals surface area contributed by atoms with Crippen LogP contribution in [0, 0.1) is 11.6 Å². The van der Waals surface area contributed by atoms with Crippen molar-refractivity contribution in [2.75, 3.05) is 23.7 Å². The van der Waals surface area contributed by atoms with E-state index < -0.39 is 33.6 Å². The summed E-state index contributed by atoms with van der Waals surface area (Å²) in [4.78, 5) is 28.9. The Kier molecular flexibility index (Phi) is 12.8. The van der Waals surface area contributed by atoms with Gasteiger partial charge in [-0.2, -0.15) is 0 Å². The number of carbonyl (C=O) groups is 2. The maximum absolute atomic E-state index is 13.9. The van der Waals surface area contributed by atoms with Crippen LogP contribution >= 0.6 is 23.2 Å². The summed E-state index contributed by atoms with van der Waals surface area (Å²) in [6.07, 6.45) is 2.74. The van der Waals surface area contributed by atoms with Gasteiger partial charge in [-0.05, 0) is 48.2 Å². The summed E-state index contributed by atoms with van der Waals surface area (Å²) < 4.78 is 53.3. The zero-order valence-electron chi connectivity index (χ0n) is 24.0. The van der Waals surface area contributed by atoms with Gasteiger partial charge in [-0.1, -0.05) is 72.9 Å². The van der Waals surface area contributed by atoms with E-state index >= 15 is 0 Å². The highest BCUT2D eigenvalue weighted by atomic mass is 35.5. The van der Waals surface area contributed by atoms with E-state index in [1.807, 2.05) is 37.3 Å². The molecular weight excluding hydrogens is 619 g/mol. The molecule has 1 atom stereocenters. The number of amides is 2. The predicted molar refractivity (Wildman–Crippen MR) is 167 cm³/mol. The van der Waals surface area contributed by atoms with Crippen LogP contribution in [0.4, 0.5) is 14.5 Å². The van der Waals surface area contributed by atoms with Gasteiger partial charge in [0.15, 0.2) is 11.6 Å². The number of halogens is 4. The minimum absolute atomic E-state index is 0.00645. The molecule has 0 saturated carbocycles. The van der Waals surface area contributed by atoms with Gasteiger partial charge >= 0.3 is 0 Å². The summed E-state index contributed by atoms with van der Waals surface area (Å²) >= 11 is 12.5. The van der Waals surface area contributed by atoms with Crippen LogP contribution < -0.4 is 9.62 Å². The molecule has 0 saturated heterocycles. The van der Waals surface area contributed by atoms with E-state index in [1.165, 1.54) is 4.90 Å². The Hall–Kier alpha value is -3.21. The number of nitrogens with one attached hydrogen (secondary N) is 1. The third kappa shape index (κ3) is 10.2. The van der Waals surface area contributed by atoms with Gasteiger partial charge in [-0.15, -0.1) is 0 Å². The fourth-order valence-electron chi connectivity index (χ4n) is 4.54. The number of hydrogen-bond donors (Lipinski definition) is 1. The van der Waals surface area contributed by atoms with Crippen molar-refractivity contribution in [2.24, 2.45) is 0 Å². The third-order valence-electron chi connectivity index (χ3n) is 6.80. The fraction of sp³-hybridized carbons (Fsp3) is 0.355. The summed E-state index contributed by atoms with van der Waals surface area (Å²) in [6.45, 7) is 2.29. The molecule has 232 valence electrons. The quantitative estimate of drug-likeness (QED) is 0.193. The normalized spacial score (nSPS) is 12.0. The number of unbranched alkanes of at least 4 members (excludes halogenated alkanes) is 1. The zero-order valence-corrected chi connectivity index (χ0v) is 26.4. The lowest BCUT2D eigenvalue weighted by atomic mass is 10.0. The van der Waals surface area contributed by atoms with Gasteiger partial charge in [0, 0.05) is 48.6 Å². The maximum atomic E-state index is 13.9. The summed E-state index contributed by atoms with van der Waals surface area (Å²) in [5, 5.41) is 3.68. The molecule has 3 aromatic carbocycles. The second-order valence-corrected chi connectivity index (χ2v) is 12.9. The molecule has 0 aliphatic heterocycles. The highest BCUT2D eigenvalue weighted by Gasteiger charge is 2.31. The summed E-state index contributed by atoms with van der Waals surface area (Å²) in [5.41, 5.74) is 1.37. The van der Waals surface area contributed by atoms with Crippen molar-refractivity contribution in [3.8, 4) is 0 Å². The lowest BCUT2D eigenvalue weighted by Crippen LogP contribution is -2.50. The van der Waals surface area contributed by atoms with Crippen molar-refractivity contribution in [1.82, 2.24) is 10.2 Å². The van der Waals surface area contributed by atoms with E-state index in [0.717, 1.165) is 47.2 Å². The van der Waals surface area contributed by atoms with E-state index in [1.54, 1.807) is 18.2 Å². The van der Waals surface area contributed by atoms with E-state index in [4.69, 9.17) is 23.2 Å². The lowest BCUT2D eigenvalue weighted by molar-refractivity contribution is -0.141. The van der Waals surface area contributed by atoms with Crippen LogP contribution in [0.25, 0.3) is 0 Å². The van der Waals surface area contributed by atoms with Crippen molar-refractivity contribution in [2.45, 2.75) is 51.6 Å². The molecule has 0 fully saturated rings. The summed E-state index contributed by atoms with van der Waals surface area (Å²) in [5.74, 6) is -3.02. The molecule has 7 nitrogen and oxygen atoms in total. The van der Waals surface area contributed by atoms with Gasteiger partial charge in [0.25, 0.3) is 0 Å². The molecule has 0 bridgehead atoms. The van der Waals surface area contributed by atoms with Crippen molar-refractivity contribution >= 4 is 50.7 Å². The highest BCUT2D eigenvalue weighted by molar-refractivity contribution is 7.92. The Labute approximate surface area is 261 Å². The number of benzene rings is 3. The molecule has 0 aliphatic rings. The standard InChI is InChI=1S/C31H35Cl2F2N3O4S/c1-3-4-16-36-31(40)29(18-22-9-6-5-7-10-22)37(21-23-12-13-24(32)19-26(23)33)30(39)11-8-17-38(43(2,41)42)25-14-15-27(34)28(35)20-25/h5-7,9-10,12-15,19-20,29H,3-4,8,11,16-18,21H2,1-2H3,(H,36,40). The van der Waals surface area contributed by atoms with Crippen LogP contribution in [0.1, 0.15) is 43.7 Å². The van der Waals surface area contributed by atoms with Gasteiger partial charge in [-0.3, -0.25) is 13.9 Å². The molecule has 2 amide bonds. The molecule has 43 heavy (non-hydrogen) atoms. The van der Waals surface area contributed by atoms with Crippen molar-refractivity contribution in [1.29, 1.82) is 0 Å². The number of rotatable bonds is 15. The Morgan fingerprint density at radius 2 is 1.67 bits per heavy atom. The average molecular weight is 655 g/mol. The number of nitrogens with zero attached hydrogens (tertiary/aromatic N) is 2. The minimum atomic E-state index is -3.88. The fourth-order valence-corrected chi connectivity index (χ4v) is 5.96. The molecular formula is C31H35Cl2F2N3O4S. The monoisotopic (exact) mass is 653 g/mol. The summed E-state index contributed by atoms with van der Waals surface area (Å²) in [7, 11) is -3.88. The molecule has 0 heterocycles. The van der Waals surface area contributed by atoms with Crippen LogP contribution in [0.15, 0.2) is 66.7 Å². The Balaban J connectivity index is 1.90. The number of sulfonamides is 1. The first-order chi connectivity index (χ1) is 20.4. The van der Waals surface area contributed by atoms with Gasteiger partial charge in [0.05, 0.1) is 11.9 Å². The van der Waals surface area contributed by atoms with E-state index in [9.17, 15) is 26.8 Å². The lowest BCUT2D eigenvalue weighted by Gasteiger charge is -2.32. The average Bonchev–Trinajstić information content (AvgIpc) is 2.95. The molecule has 0 radical (unpaired) electrons. The second kappa shape index (κ2) is 16.0. The van der Waals surface area contributed by atoms with Crippen molar-refractivity contribution < 1.29 is 26.8 Å². The van der Waals surface area contributed by atoms with Crippen molar-refractivity contribution in [3.05, 3.63) is 99.5 Å². The maximum Gasteiger partial charge on any atom is 0.243 e. The van der Waals surface area contributed by atoms with E-state index in [-0.39, 0.29) is 43.9 Å². The SMILES string of the molecule is CCCCNC(=O)C(Cc1ccccc1)N(Cc1ccc(Cl)cc1Cl)C(=O)CCCN(c1ccc(F)c(F)c1)S(C)(=O)=O. The van der Waals surface area contributed by atoms with Crippen LogP contribution in [-0.4, -0.2) is 50.5 Å². The first-order valence-corrected chi connectivity index (χ1v) is 16.5. The molecule has 12 heteroatoms.